The largest absolute Gasteiger partial charge is 0.418 e. The quantitative estimate of drug-likeness (QED) is 0.422. The maximum absolute atomic E-state index is 14.4. The second kappa shape index (κ2) is 11.8. The first-order valence-corrected chi connectivity index (χ1v) is 16.2. The Morgan fingerprint density at radius 3 is 2.54 bits per heavy atom. The molecule has 41 heavy (non-hydrogen) atoms. The van der Waals surface area contributed by atoms with Crippen LogP contribution < -0.4 is 21.9 Å². The number of halogens is 3. The van der Waals surface area contributed by atoms with Crippen LogP contribution in [-0.2, 0) is 6.18 Å². The van der Waals surface area contributed by atoms with Crippen molar-refractivity contribution in [1.82, 2.24) is 34.9 Å². The van der Waals surface area contributed by atoms with Crippen molar-refractivity contribution in [2.24, 2.45) is 17.8 Å². The SMILES string of the molecule is C[C@H](c1cc(C(F)(F)F)c2cn(C3CCCC([C@@H](C4CCC4)C4NNCN4C)C3)c(=O)n2c1)N(C)CC1CNCS1. The number of hydrogen-bond acceptors (Lipinski definition) is 7. The third kappa shape index (κ3) is 5.84. The molecular formula is C29H44F3N7OS. The van der Waals surface area contributed by atoms with Gasteiger partial charge in [0.2, 0.25) is 0 Å². The number of aromatic nitrogens is 2. The predicted octanol–water partition coefficient (Wildman–Crippen LogP) is 4.25. The zero-order chi connectivity index (χ0) is 28.9. The van der Waals surface area contributed by atoms with E-state index in [0.717, 1.165) is 51.3 Å². The molecule has 12 heteroatoms. The first kappa shape index (κ1) is 29.5. The predicted molar refractivity (Wildman–Crippen MR) is 156 cm³/mol. The molecule has 0 spiro atoms. The van der Waals surface area contributed by atoms with Crippen molar-refractivity contribution < 1.29 is 13.2 Å². The van der Waals surface area contributed by atoms with Crippen LogP contribution in [0.3, 0.4) is 0 Å². The van der Waals surface area contributed by atoms with E-state index in [9.17, 15) is 18.0 Å². The lowest BCUT2D eigenvalue weighted by Gasteiger charge is -2.46. The van der Waals surface area contributed by atoms with Crippen LogP contribution in [0.15, 0.2) is 23.3 Å². The van der Waals surface area contributed by atoms with Gasteiger partial charge in [-0.25, -0.2) is 15.6 Å². The molecule has 6 rings (SSSR count). The standard InChI is InChI=1S/C29H44F3N7OS/c1-18(36(2)14-23-12-33-17-41-23)21-11-24(29(30,31)32)25-15-38(28(40)39(25)13-21)22-9-5-8-20(10-22)26(19-6-4-7-19)27-35-34-16-37(27)3/h11,13,15,18-20,22-23,26-27,33-35H,4-10,12,14,16-17H2,1-3H3/t18-,20?,22?,23?,26-,27?/m1/s1. The second-order valence-electron chi connectivity index (χ2n) is 12.8. The molecule has 2 aromatic rings. The number of nitrogens with zero attached hydrogens (tertiary/aromatic N) is 4. The highest BCUT2D eigenvalue weighted by atomic mass is 32.2. The molecule has 4 unspecified atom stereocenters. The smallest absolute Gasteiger partial charge is 0.307 e. The first-order chi connectivity index (χ1) is 19.6. The average molecular weight is 596 g/mol. The Labute approximate surface area is 244 Å². The minimum Gasteiger partial charge on any atom is -0.307 e. The van der Waals surface area contributed by atoms with E-state index in [4.69, 9.17) is 0 Å². The van der Waals surface area contributed by atoms with Crippen molar-refractivity contribution in [1.29, 1.82) is 0 Å². The zero-order valence-corrected chi connectivity index (χ0v) is 25.1. The number of nitrogens with one attached hydrogen (secondary N) is 3. The second-order valence-corrected chi connectivity index (χ2v) is 14.1. The summed E-state index contributed by atoms with van der Waals surface area (Å²) in [5.41, 5.74) is 6.14. The zero-order valence-electron chi connectivity index (χ0n) is 24.3. The van der Waals surface area contributed by atoms with Crippen LogP contribution >= 0.6 is 11.8 Å². The van der Waals surface area contributed by atoms with Gasteiger partial charge in [0.1, 0.15) is 0 Å². The minimum atomic E-state index is -4.56. The van der Waals surface area contributed by atoms with Gasteiger partial charge in [-0.2, -0.15) is 13.2 Å². The van der Waals surface area contributed by atoms with Crippen LogP contribution in [0.4, 0.5) is 13.2 Å². The van der Waals surface area contributed by atoms with Gasteiger partial charge in [0, 0.05) is 48.7 Å². The van der Waals surface area contributed by atoms with Gasteiger partial charge in [-0.1, -0.05) is 25.7 Å². The maximum atomic E-state index is 14.4. The minimum absolute atomic E-state index is 0.0456. The van der Waals surface area contributed by atoms with Crippen molar-refractivity contribution in [3.05, 3.63) is 40.1 Å². The summed E-state index contributed by atoms with van der Waals surface area (Å²) in [6.07, 6.45) is 6.26. The summed E-state index contributed by atoms with van der Waals surface area (Å²) < 4.78 is 46.1. The highest BCUT2D eigenvalue weighted by Crippen LogP contribution is 2.47. The molecule has 4 aliphatic rings. The van der Waals surface area contributed by atoms with E-state index >= 15 is 0 Å². The molecule has 6 atom stereocenters. The Morgan fingerprint density at radius 2 is 1.90 bits per heavy atom. The van der Waals surface area contributed by atoms with Crippen LogP contribution in [-0.4, -0.2) is 69.9 Å². The third-order valence-corrected chi connectivity index (χ3v) is 11.4. The topological polar surface area (TPSA) is 69.0 Å². The van der Waals surface area contributed by atoms with Gasteiger partial charge in [0.25, 0.3) is 0 Å². The number of alkyl halides is 3. The molecule has 2 aliphatic heterocycles. The molecule has 0 amide bonds. The van der Waals surface area contributed by atoms with E-state index in [1.54, 1.807) is 10.8 Å². The van der Waals surface area contributed by atoms with E-state index < -0.39 is 11.7 Å². The number of pyridine rings is 1. The number of hydrazine groups is 1. The van der Waals surface area contributed by atoms with Crippen LogP contribution in [0.1, 0.15) is 75.1 Å². The molecule has 8 nitrogen and oxygen atoms in total. The summed E-state index contributed by atoms with van der Waals surface area (Å²) in [6.45, 7) is 4.37. The molecular weight excluding hydrogens is 551 g/mol. The molecule has 2 aliphatic carbocycles. The highest BCUT2D eigenvalue weighted by Gasteiger charge is 2.44. The number of rotatable bonds is 8. The maximum Gasteiger partial charge on any atom is 0.418 e. The fraction of sp³-hybridized carbons (Fsp3) is 0.759. The van der Waals surface area contributed by atoms with E-state index in [2.05, 4.69) is 33.0 Å². The molecule has 2 aromatic heterocycles. The fourth-order valence-electron chi connectivity index (χ4n) is 7.65. The van der Waals surface area contributed by atoms with Gasteiger partial charge in [-0.05, 0) is 69.7 Å². The Hall–Kier alpha value is -1.57. The summed E-state index contributed by atoms with van der Waals surface area (Å²) in [5, 5.41) is 3.72. The lowest BCUT2D eigenvalue weighted by molar-refractivity contribution is -0.136. The monoisotopic (exact) mass is 595 g/mol. The van der Waals surface area contributed by atoms with Crippen molar-refractivity contribution in [3.63, 3.8) is 0 Å². The molecule has 0 aromatic carbocycles. The van der Waals surface area contributed by atoms with Gasteiger partial charge in [0.05, 0.1) is 23.9 Å². The molecule has 0 radical (unpaired) electrons. The summed E-state index contributed by atoms with van der Waals surface area (Å²) >= 11 is 1.83. The van der Waals surface area contributed by atoms with Gasteiger partial charge >= 0.3 is 11.9 Å². The van der Waals surface area contributed by atoms with E-state index in [-0.39, 0.29) is 29.5 Å². The van der Waals surface area contributed by atoms with Crippen molar-refractivity contribution >= 4 is 17.3 Å². The number of imidazole rings is 1. The molecule has 0 bridgehead atoms. The fourth-order valence-corrected chi connectivity index (χ4v) is 8.70. The molecule has 4 heterocycles. The molecule has 3 N–H and O–H groups in total. The first-order valence-electron chi connectivity index (χ1n) is 15.2. The van der Waals surface area contributed by atoms with Crippen LogP contribution in [0, 0.1) is 17.8 Å². The Kier molecular flexibility index (Phi) is 8.52. The molecule has 228 valence electrons. The van der Waals surface area contributed by atoms with Crippen molar-refractivity contribution in [2.45, 2.75) is 81.5 Å². The van der Waals surface area contributed by atoms with Crippen LogP contribution in [0.5, 0.6) is 0 Å². The summed E-state index contributed by atoms with van der Waals surface area (Å²) in [5.74, 6) is 2.43. The van der Waals surface area contributed by atoms with Crippen molar-refractivity contribution in [2.75, 3.05) is 39.7 Å². The Balaban J connectivity index is 1.30. The van der Waals surface area contributed by atoms with E-state index in [1.165, 1.54) is 35.9 Å². The van der Waals surface area contributed by atoms with Crippen LogP contribution in [0.2, 0.25) is 0 Å². The Bertz CT molecular complexity index is 1270. The average Bonchev–Trinajstić information content (AvgIpc) is 3.66. The summed E-state index contributed by atoms with van der Waals surface area (Å²) in [6, 6.07) is 0.897. The van der Waals surface area contributed by atoms with Gasteiger partial charge in [-0.3, -0.25) is 18.8 Å². The number of hydrogen-bond donors (Lipinski definition) is 3. The molecule has 2 saturated heterocycles. The third-order valence-electron chi connectivity index (χ3n) is 10.3. The van der Waals surface area contributed by atoms with Gasteiger partial charge in [0.15, 0.2) is 0 Å². The van der Waals surface area contributed by atoms with Crippen LogP contribution in [0.25, 0.3) is 5.52 Å². The van der Waals surface area contributed by atoms with E-state index in [0.29, 0.717) is 28.6 Å². The molecule has 4 fully saturated rings. The van der Waals surface area contributed by atoms with E-state index in [1.807, 2.05) is 25.7 Å². The number of thioether (sulfide) groups is 1. The van der Waals surface area contributed by atoms with Crippen molar-refractivity contribution in [3.8, 4) is 0 Å². The molecule has 2 saturated carbocycles. The Morgan fingerprint density at radius 1 is 1.15 bits per heavy atom. The summed E-state index contributed by atoms with van der Waals surface area (Å²) in [7, 11) is 4.08. The highest BCUT2D eigenvalue weighted by molar-refractivity contribution is 8.00. The lowest BCUT2D eigenvalue weighted by Crippen LogP contribution is -2.50. The lowest BCUT2D eigenvalue weighted by atomic mass is 9.65. The van der Waals surface area contributed by atoms with Gasteiger partial charge in [-0.15, -0.1) is 11.8 Å². The summed E-state index contributed by atoms with van der Waals surface area (Å²) in [4.78, 5) is 18.2. The normalized spacial score (nSPS) is 29.8. The van der Waals surface area contributed by atoms with Gasteiger partial charge < -0.3 is 5.32 Å². The number of fused-ring (bicyclic) bond motifs is 1.